The number of amides is 2. The van der Waals surface area contributed by atoms with Crippen molar-refractivity contribution in [2.45, 2.75) is 13.3 Å². The van der Waals surface area contributed by atoms with Crippen molar-refractivity contribution in [1.29, 1.82) is 0 Å². The normalized spacial score (nSPS) is 10.1. The molecule has 0 radical (unpaired) electrons. The molecular weight excluding hydrogens is 344 g/mol. The fourth-order valence-electron chi connectivity index (χ4n) is 1.98. The molecule has 114 valence electrons. The molecule has 22 heavy (non-hydrogen) atoms. The van der Waals surface area contributed by atoms with Crippen LogP contribution >= 0.6 is 15.9 Å². The van der Waals surface area contributed by atoms with Crippen molar-refractivity contribution in [3.8, 4) is 0 Å². The molecule has 0 fully saturated rings. The van der Waals surface area contributed by atoms with E-state index in [0.717, 1.165) is 15.7 Å². The molecule has 0 heterocycles. The van der Waals surface area contributed by atoms with Crippen molar-refractivity contribution < 1.29 is 9.59 Å². The lowest BCUT2D eigenvalue weighted by molar-refractivity contribution is -0.125. The van der Waals surface area contributed by atoms with Gasteiger partial charge in [-0.3, -0.25) is 9.59 Å². The minimum atomic E-state index is -0.325. The topological polar surface area (TPSA) is 49.4 Å². The molecule has 0 spiro atoms. The number of anilines is 2. The maximum absolute atomic E-state index is 12.1. The minimum Gasteiger partial charge on any atom is -0.326 e. The highest BCUT2D eigenvalue weighted by Crippen LogP contribution is 2.20. The van der Waals surface area contributed by atoms with Gasteiger partial charge in [0.2, 0.25) is 11.8 Å². The Morgan fingerprint density at radius 1 is 1.14 bits per heavy atom. The number of carbonyl (C=O) groups is 2. The van der Waals surface area contributed by atoms with Crippen molar-refractivity contribution in [3.05, 3.63) is 58.6 Å². The highest BCUT2D eigenvalue weighted by molar-refractivity contribution is 9.10. The van der Waals surface area contributed by atoms with Crippen molar-refractivity contribution in [2.75, 3.05) is 17.3 Å². The Kier molecular flexibility index (Phi) is 5.33. The summed E-state index contributed by atoms with van der Waals surface area (Å²) in [7, 11) is 1.66. The largest absolute Gasteiger partial charge is 0.326 e. The van der Waals surface area contributed by atoms with Gasteiger partial charge in [0.05, 0.1) is 0 Å². The smallest absolute Gasteiger partial charge is 0.236 e. The Morgan fingerprint density at radius 3 is 2.45 bits per heavy atom. The second kappa shape index (κ2) is 7.22. The molecule has 2 amide bonds. The van der Waals surface area contributed by atoms with Gasteiger partial charge < -0.3 is 10.2 Å². The molecule has 0 unspecified atom stereocenters. The fourth-order valence-corrected chi connectivity index (χ4v) is 2.23. The van der Waals surface area contributed by atoms with Crippen molar-refractivity contribution in [2.24, 2.45) is 0 Å². The predicted octanol–water partition coefficient (Wildman–Crippen LogP) is 3.75. The molecule has 0 saturated heterocycles. The fraction of sp³-hybridized carbons (Fsp3) is 0.176. The lowest BCUT2D eigenvalue weighted by Crippen LogP contribution is -2.30. The Hall–Kier alpha value is -2.14. The molecule has 0 saturated carbocycles. The molecule has 0 aliphatic rings. The van der Waals surface area contributed by atoms with Crippen LogP contribution in [0, 0.1) is 6.92 Å². The monoisotopic (exact) mass is 360 g/mol. The Bertz CT molecular complexity index is 686. The number of nitrogens with one attached hydrogen (secondary N) is 1. The van der Waals surface area contributed by atoms with E-state index in [1.165, 1.54) is 4.90 Å². The highest BCUT2D eigenvalue weighted by Gasteiger charge is 2.15. The standard InChI is InChI=1S/C17H17BrN2O2/c1-12-10-13(8-9-15(12)18)19-16(21)11-17(22)20(2)14-6-4-3-5-7-14/h3-10H,11H2,1-2H3,(H,19,21). The van der Waals surface area contributed by atoms with Gasteiger partial charge in [0.1, 0.15) is 6.42 Å². The van der Waals surface area contributed by atoms with Crippen LogP contribution in [-0.2, 0) is 9.59 Å². The van der Waals surface area contributed by atoms with E-state index in [1.54, 1.807) is 13.1 Å². The van der Waals surface area contributed by atoms with E-state index in [4.69, 9.17) is 0 Å². The van der Waals surface area contributed by atoms with Gasteiger partial charge in [0, 0.05) is 22.9 Å². The molecule has 0 bridgehead atoms. The van der Waals surface area contributed by atoms with Crippen LogP contribution in [0.2, 0.25) is 0 Å². The number of rotatable bonds is 4. The number of aryl methyl sites for hydroxylation is 1. The molecule has 4 nitrogen and oxygen atoms in total. The number of halogens is 1. The van der Waals surface area contributed by atoms with Gasteiger partial charge in [-0.05, 0) is 42.8 Å². The van der Waals surface area contributed by atoms with Crippen LogP contribution in [0.5, 0.6) is 0 Å². The van der Waals surface area contributed by atoms with E-state index >= 15 is 0 Å². The number of nitrogens with zero attached hydrogens (tertiary/aromatic N) is 1. The quantitative estimate of drug-likeness (QED) is 0.844. The summed E-state index contributed by atoms with van der Waals surface area (Å²) in [5.41, 5.74) is 2.46. The first-order valence-corrected chi connectivity index (χ1v) is 7.64. The van der Waals surface area contributed by atoms with Crippen LogP contribution in [0.15, 0.2) is 53.0 Å². The van der Waals surface area contributed by atoms with Crippen molar-refractivity contribution in [1.82, 2.24) is 0 Å². The third-order valence-corrected chi connectivity index (χ3v) is 4.16. The summed E-state index contributed by atoms with van der Waals surface area (Å²) in [6.07, 6.45) is -0.194. The summed E-state index contributed by atoms with van der Waals surface area (Å²) in [6, 6.07) is 14.7. The van der Waals surface area contributed by atoms with Gasteiger partial charge in [-0.2, -0.15) is 0 Å². The van der Waals surface area contributed by atoms with Gasteiger partial charge >= 0.3 is 0 Å². The summed E-state index contributed by atoms with van der Waals surface area (Å²) < 4.78 is 0.977. The number of hydrogen-bond acceptors (Lipinski definition) is 2. The number of carbonyl (C=O) groups excluding carboxylic acids is 2. The predicted molar refractivity (Wildman–Crippen MR) is 92.0 cm³/mol. The second-order valence-electron chi connectivity index (χ2n) is 4.98. The van der Waals surface area contributed by atoms with Crippen molar-refractivity contribution >= 4 is 39.1 Å². The van der Waals surface area contributed by atoms with E-state index in [0.29, 0.717) is 5.69 Å². The summed E-state index contributed by atoms with van der Waals surface area (Å²) >= 11 is 3.41. The summed E-state index contributed by atoms with van der Waals surface area (Å²) in [5, 5.41) is 2.74. The van der Waals surface area contributed by atoms with Gasteiger partial charge in [0.15, 0.2) is 0 Å². The molecule has 5 heteroatoms. The average molecular weight is 361 g/mol. The Morgan fingerprint density at radius 2 is 1.82 bits per heavy atom. The molecule has 0 atom stereocenters. The SMILES string of the molecule is Cc1cc(NC(=O)CC(=O)N(C)c2ccccc2)ccc1Br. The van der Waals surface area contributed by atoms with Gasteiger partial charge in [-0.15, -0.1) is 0 Å². The third kappa shape index (κ3) is 4.18. The minimum absolute atomic E-state index is 0.194. The molecule has 0 aromatic heterocycles. The first-order valence-electron chi connectivity index (χ1n) is 6.85. The Balaban J connectivity index is 1.96. The molecule has 2 aromatic rings. The summed E-state index contributed by atoms with van der Waals surface area (Å²) in [5.74, 6) is -0.577. The number of para-hydroxylation sites is 1. The maximum Gasteiger partial charge on any atom is 0.236 e. The average Bonchev–Trinajstić information content (AvgIpc) is 2.51. The molecule has 2 aromatic carbocycles. The van der Waals surface area contributed by atoms with Crippen LogP contribution in [0.25, 0.3) is 0 Å². The van der Waals surface area contributed by atoms with Gasteiger partial charge in [0.25, 0.3) is 0 Å². The first kappa shape index (κ1) is 16.2. The third-order valence-electron chi connectivity index (χ3n) is 3.27. The van der Waals surface area contributed by atoms with Crippen LogP contribution in [0.3, 0.4) is 0 Å². The molecular formula is C17H17BrN2O2. The van der Waals surface area contributed by atoms with Crippen LogP contribution in [0.1, 0.15) is 12.0 Å². The lowest BCUT2D eigenvalue weighted by Gasteiger charge is -2.17. The maximum atomic E-state index is 12.1. The molecule has 1 N–H and O–H groups in total. The Labute approximate surface area is 138 Å². The van der Waals surface area contributed by atoms with Crippen LogP contribution < -0.4 is 10.2 Å². The molecule has 2 rings (SSSR count). The zero-order valence-electron chi connectivity index (χ0n) is 12.5. The van der Waals surface area contributed by atoms with Gasteiger partial charge in [-0.1, -0.05) is 34.1 Å². The summed E-state index contributed by atoms with van der Waals surface area (Å²) in [6.45, 7) is 1.94. The lowest BCUT2D eigenvalue weighted by atomic mass is 10.2. The van der Waals surface area contributed by atoms with Crippen LogP contribution in [0.4, 0.5) is 11.4 Å². The van der Waals surface area contributed by atoms with E-state index in [-0.39, 0.29) is 18.2 Å². The van der Waals surface area contributed by atoms with E-state index in [2.05, 4.69) is 21.2 Å². The molecule has 0 aliphatic heterocycles. The zero-order chi connectivity index (χ0) is 16.1. The van der Waals surface area contributed by atoms with Crippen LogP contribution in [-0.4, -0.2) is 18.9 Å². The van der Waals surface area contributed by atoms with Crippen molar-refractivity contribution in [3.63, 3.8) is 0 Å². The first-order chi connectivity index (χ1) is 10.5. The second-order valence-corrected chi connectivity index (χ2v) is 5.83. The van der Waals surface area contributed by atoms with Gasteiger partial charge in [-0.25, -0.2) is 0 Å². The van der Waals surface area contributed by atoms with E-state index < -0.39 is 0 Å². The summed E-state index contributed by atoms with van der Waals surface area (Å²) in [4.78, 5) is 25.6. The van der Waals surface area contributed by atoms with E-state index in [1.807, 2.05) is 49.4 Å². The number of hydrogen-bond donors (Lipinski definition) is 1. The van der Waals surface area contributed by atoms with E-state index in [9.17, 15) is 9.59 Å². The zero-order valence-corrected chi connectivity index (χ0v) is 14.1. The highest BCUT2D eigenvalue weighted by atomic mass is 79.9. The molecule has 0 aliphatic carbocycles. The number of benzene rings is 2.